The van der Waals surface area contributed by atoms with Crippen molar-refractivity contribution >= 4 is 11.7 Å². The van der Waals surface area contributed by atoms with Crippen LogP contribution in [-0.4, -0.2) is 23.7 Å². The Morgan fingerprint density at radius 3 is 2.59 bits per heavy atom. The molecule has 1 N–H and O–H groups in total. The molecule has 1 unspecified atom stereocenters. The third-order valence-electron chi connectivity index (χ3n) is 2.60. The van der Waals surface area contributed by atoms with Gasteiger partial charge in [-0.15, -0.1) is 0 Å². The van der Waals surface area contributed by atoms with E-state index in [1.54, 1.807) is 4.90 Å². The molecule has 0 saturated carbocycles. The minimum absolute atomic E-state index is 0.318. The number of carboxylic acid groups (broad SMARTS) is 1. The van der Waals surface area contributed by atoms with Gasteiger partial charge in [0.1, 0.15) is 6.04 Å². The molecule has 4 heteroatoms. The van der Waals surface area contributed by atoms with Gasteiger partial charge in [-0.3, -0.25) is 0 Å². The molecule has 1 atom stereocenters. The van der Waals surface area contributed by atoms with E-state index in [1.807, 2.05) is 37.3 Å². The second-order valence-electron chi connectivity index (χ2n) is 3.70. The van der Waals surface area contributed by atoms with Gasteiger partial charge in [0.05, 0.1) is 12.5 Å². The first-order valence-corrected chi connectivity index (χ1v) is 5.62. The molecule has 0 amide bonds. The fraction of sp³-hybridized carbons (Fsp3) is 0.385. The summed E-state index contributed by atoms with van der Waals surface area (Å²) in [5, 5.41) is 17.8. The van der Waals surface area contributed by atoms with Crippen LogP contribution < -0.4 is 4.90 Å². The molecule has 0 fully saturated rings. The van der Waals surface area contributed by atoms with Crippen molar-refractivity contribution in [2.24, 2.45) is 0 Å². The number of hydrogen-bond donors (Lipinski definition) is 1. The van der Waals surface area contributed by atoms with Crippen molar-refractivity contribution in [3.8, 4) is 6.07 Å². The van der Waals surface area contributed by atoms with Crippen LogP contribution in [0.5, 0.6) is 0 Å². The van der Waals surface area contributed by atoms with E-state index in [1.165, 1.54) is 0 Å². The Kier molecular flexibility index (Phi) is 5.02. The number of nitriles is 1. The zero-order valence-corrected chi connectivity index (χ0v) is 9.84. The first-order chi connectivity index (χ1) is 8.20. The number of carbonyl (C=O) groups is 1. The van der Waals surface area contributed by atoms with Crippen molar-refractivity contribution in [2.45, 2.75) is 25.8 Å². The van der Waals surface area contributed by atoms with Crippen molar-refractivity contribution in [3.05, 3.63) is 30.3 Å². The lowest BCUT2D eigenvalue weighted by Gasteiger charge is -2.29. The van der Waals surface area contributed by atoms with E-state index in [4.69, 9.17) is 5.26 Å². The molecule has 1 rings (SSSR count). The minimum Gasteiger partial charge on any atom is -0.480 e. The van der Waals surface area contributed by atoms with Crippen LogP contribution in [0.1, 0.15) is 19.8 Å². The summed E-state index contributed by atoms with van der Waals surface area (Å²) in [4.78, 5) is 13.0. The highest BCUT2D eigenvalue weighted by Gasteiger charge is 2.23. The third-order valence-corrected chi connectivity index (χ3v) is 2.60. The molecule has 90 valence electrons. The summed E-state index contributed by atoms with van der Waals surface area (Å²) in [5.74, 6) is -0.853. The Labute approximate surface area is 101 Å². The van der Waals surface area contributed by atoms with Gasteiger partial charge in [-0.1, -0.05) is 25.1 Å². The smallest absolute Gasteiger partial charge is 0.326 e. The Balaban J connectivity index is 2.95. The largest absolute Gasteiger partial charge is 0.480 e. The van der Waals surface area contributed by atoms with Crippen LogP contribution in [-0.2, 0) is 4.79 Å². The molecule has 0 spiro atoms. The number of anilines is 1. The Morgan fingerprint density at radius 2 is 2.12 bits per heavy atom. The van der Waals surface area contributed by atoms with E-state index >= 15 is 0 Å². The van der Waals surface area contributed by atoms with Crippen molar-refractivity contribution in [1.82, 2.24) is 0 Å². The van der Waals surface area contributed by atoms with Crippen LogP contribution >= 0.6 is 0 Å². The fourth-order valence-electron chi connectivity index (χ4n) is 1.78. The van der Waals surface area contributed by atoms with Crippen LogP contribution in [0.3, 0.4) is 0 Å². The highest BCUT2D eigenvalue weighted by Crippen LogP contribution is 2.18. The number of rotatable bonds is 6. The van der Waals surface area contributed by atoms with Crippen LogP contribution in [0.15, 0.2) is 30.3 Å². The van der Waals surface area contributed by atoms with Crippen molar-refractivity contribution in [2.75, 3.05) is 11.4 Å². The van der Waals surface area contributed by atoms with E-state index in [2.05, 4.69) is 6.07 Å². The monoisotopic (exact) mass is 232 g/mol. The van der Waals surface area contributed by atoms with Gasteiger partial charge < -0.3 is 10.0 Å². The van der Waals surface area contributed by atoms with E-state index < -0.39 is 12.0 Å². The predicted molar refractivity (Wildman–Crippen MR) is 65.7 cm³/mol. The third kappa shape index (κ3) is 3.49. The first-order valence-electron chi connectivity index (χ1n) is 5.62. The summed E-state index contributed by atoms with van der Waals surface area (Å²) >= 11 is 0. The second kappa shape index (κ2) is 6.54. The van der Waals surface area contributed by atoms with Gasteiger partial charge in [0.2, 0.25) is 0 Å². The Bertz CT molecular complexity index is 398. The molecule has 0 heterocycles. The van der Waals surface area contributed by atoms with Crippen molar-refractivity contribution in [1.29, 1.82) is 5.26 Å². The maximum atomic E-state index is 11.2. The topological polar surface area (TPSA) is 64.3 Å². The second-order valence-corrected chi connectivity index (χ2v) is 3.70. The number of benzene rings is 1. The molecule has 0 aliphatic heterocycles. The van der Waals surface area contributed by atoms with Gasteiger partial charge in [0.25, 0.3) is 0 Å². The van der Waals surface area contributed by atoms with Crippen LogP contribution in [0.4, 0.5) is 5.69 Å². The number of para-hydroxylation sites is 1. The van der Waals surface area contributed by atoms with Gasteiger partial charge >= 0.3 is 5.97 Å². The number of nitrogens with zero attached hydrogens (tertiary/aromatic N) is 2. The van der Waals surface area contributed by atoms with Crippen LogP contribution in [0.2, 0.25) is 0 Å². The van der Waals surface area contributed by atoms with E-state index in [9.17, 15) is 9.90 Å². The number of carboxylic acids is 1. The molecule has 0 bridgehead atoms. The normalized spacial score (nSPS) is 11.5. The lowest BCUT2D eigenvalue weighted by Crippen LogP contribution is -2.41. The number of aliphatic carboxylic acids is 1. The zero-order valence-electron chi connectivity index (χ0n) is 9.84. The van der Waals surface area contributed by atoms with Crippen molar-refractivity contribution < 1.29 is 9.90 Å². The van der Waals surface area contributed by atoms with Crippen molar-refractivity contribution in [3.63, 3.8) is 0 Å². The molecule has 17 heavy (non-hydrogen) atoms. The highest BCUT2D eigenvalue weighted by molar-refractivity contribution is 5.78. The molecule has 1 aromatic rings. The van der Waals surface area contributed by atoms with E-state index in [0.29, 0.717) is 19.4 Å². The summed E-state index contributed by atoms with van der Waals surface area (Å²) in [7, 11) is 0. The van der Waals surface area contributed by atoms with Crippen LogP contribution in [0, 0.1) is 11.3 Å². The van der Waals surface area contributed by atoms with Gasteiger partial charge in [-0.25, -0.2) is 4.79 Å². The average molecular weight is 232 g/mol. The molecular weight excluding hydrogens is 216 g/mol. The van der Waals surface area contributed by atoms with E-state index in [0.717, 1.165) is 5.69 Å². The number of hydrogen-bond acceptors (Lipinski definition) is 3. The maximum Gasteiger partial charge on any atom is 0.326 e. The van der Waals surface area contributed by atoms with Gasteiger partial charge in [0.15, 0.2) is 0 Å². The molecule has 0 radical (unpaired) electrons. The highest BCUT2D eigenvalue weighted by atomic mass is 16.4. The average Bonchev–Trinajstić information content (AvgIpc) is 2.35. The first kappa shape index (κ1) is 13.0. The standard InChI is InChI=1S/C13H16N2O2/c1-2-12(13(16)17)15(10-6-9-14)11-7-4-3-5-8-11/h3-5,7-8,12H,2,6,10H2,1H3,(H,16,17). The zero-order chi connectivity index (χ0) is 12.7. The molecular formula is C13H16N2O2. The Morgan fingerprint density at radius 1 is 1.47 bits per heavy atom. The maximum absolute atomic E-state index is 11.2. The molecule has 4 nitrogen and oxygen atoms in total. The molecule has 0 aliphatic carbocycles. The van der Waals surface area contributed by atoms with Crippen LogP contribution in [0.25, 0.3) is 0 Å². The SMILES string of the molecule is CCC(C(=O)O)N(CCC#N)c1ccccc1. The summed E-state index contributed by atoms with van der Waals surface area (Å²) in [6, 6.07) is 10.8. The molecule has 0 saturated heterocycles. The molecule has 1 aromatic carbocycles. The van der Waals surface area contributed by atoms with E-state index in [-0.39, 0.29) is 0 Å². The summed E-state index contributed by atoms with van der Waals surface area (Å²) in [5.41, 5.74) is 0.844. The fourth-order valence-corrected chi connectivity index (χ4v) is 1.78. The summed E-state index contributed by atoms with van der Waals surface area (Å²) < 4.78 is 0. The summed E-state index contributed by atoms with van der Waals surface area (Å²) in [6.07, 6.45) is 0.828. The van der Waals surface area contributed by atoms with Gasteiger partial charge in [-0.2, -0.15) is 5.26 Å². The lowest BCUT2D eigenvalue weighted by atomic mass is 10.1. The summed E-state index contributed by atoms with van der Waals surface area (Å²) in [6.45, 7) is 2.27. The Hall–Kier alpha value is -2.02. The molecule has 0 aromatic heterocycles. The quantitative estimate of drug-likeness (QED) is 0.817. The predicted octanol–water partition coefficient (Wildman–Crippen LogP) is 2.27. The van der Waals surface area contributed by atoms with Gasteiger partial charge in [-0.05, 0) is 18.6 Å². The minimum atomic E-state index is -0.853. The van der Waals surface area contributed by atoms with Gasteiger partial charge in [0, 0.05) is 12.2 Å². The molecule has 0 aliphatic rings. The lowest BCUT2D eigenvalue weighted by molar-refractivity contribution is -0.138.